The first-order valence-electron chi connectivity index (χ1n) is 9.74. The highest BCUT2D eigenvalue weighted by Crippen LogP contribution is 2.16. The molecule has 8 heteroatoms. The third kappa shape index (κ3) is 7.69. The number of halogens is 1. The van der Waals surface area contributed by atoms with E-state index < -0.39 is 0 Å². The number of hydrogen-bond donors (Lipinski definition) is 3. The van der Waals surface area contributed by atoms with E-state index in [1.54, 1.807) is 6.07 Å². The molecular formula is C19H34IN5O2. The number of furan rings is 1. The van der Waals surface area contributed by atoms with Gasteiger partial charge in [0.1, 0.15) is 0 Å². The fourth-order valence-corrected chi connectivity index (χ4v) is 3.24. The maximum absolute atomic E-state index is 12.0. The lowest BCUT2D eigenvalue weighted by atomic mass is 10.2. The molecule has 1 aromatic heterocycles. The average Bonchev–Trinajstić information content (AvgIpc) is 3.27. The zero-order valence-corrected chi connectivity index (χ0v) is 19.0. The number of aliphatic imine (C=N–C) groups is 1. The predicted molar refractivity (Wildman–Crippen MR) is 120 cm³/mol. The van der Waals surface area contributed by atoms with Crippen LogP contribution in [-0.2, 0) is 0 Å². The summed E-state index contributed by atoms with van der Waals surface area (Å²) in [4.78, 5) is 19.2. The molecule has 1 unspecified atom stereocenters. The van der Waals surface area contributed by atoms with E-state index in [1.807, 2.05) is 6.92 Å². The van der Waals surface area contributed by atoms with Crippen molar-refractivity contribution in [3.63, 3.8) is 0 Å². The Balaban J connectivity index is 0.00000364. The van der Waals surface area contributed by atoms with E-state index in [9.17, 15) is 4.79 Å². The van der Waals surface area contributed by atoms with Crippen molar-refractivity contribution in [3.05, 3.63) is 23.7 Å². The molecule has 1 aliphatic rings. The van der Waals surface area contributed by atoms with Crippen LogP contribution in [0.15, 0.2) is 21.7 Å². The topological polar surface area (TPSA) is 81.9 Å². The zero-order chi connectivity index (χ0) is 18.8. The Hall–Kier alpha value is -1.29. The molecular weight excluding hydrogens is 457 g/mol. The summed E-state index contributed by atoms with van der Waals surface area (Å²) >= 11 is 0. The van der Waals surface area contributed by atoms with E-state index in [0.717, 1.165) is 44.1 Å². The van der Waals surface area contributed by atoms with Crippen molar-refractivity contribution < 1.29 is 9.21 Å². The van der Waals surface area contributed by atoms with Crippen molar-refractivity contribution >= 4 is 35.8 Å². The van der Waals surface area contributed by atoms with Crippen LogP contribution in [0.1, 0.15) is 49.2 Å². The van der Waals surface area contributed by atoms with Gasteiger partial charge in [-0.25, -0.2) is 0 Å². The van der Waals surface area contributed by atoms with Gasteiger partial charge in [0.2, 0.25) is 0 Å². The second-order valence-electron chi connectivity index (χ2n) is 6.61. The van der Waals surface area contributed by atoms with Gasteiger partial charge >= 0.3 is 0 Å². The molecule has 2 rings (SSSR count). The summed E-state index contributed by atoms with van der Waals surface area (Å²) in [5.74, 6) is 1.09. The lowest BCUT2D eigenvalue weighted by Crippen LogP contribution is -2.40. The summed E-state index contributed by atoms with van der Waals surface area (Å²) < 4.78 is 5.19. The SMILES string of the molecule is CCNC(=NCC1CCCN1CC)NCCCNC(=O)c1occc1C.I. The van der Waals surface area contributed by atoms with Crippen LogP contribution in [0.25, 0.3) is 0 Å². The normalized spacial score (nSPS) is 17.4. The first-order valence-corrected chi connectivity index (χ1v) is 9.74. The zero-order valence-electron chi connectivity index (χ0n) is 16.7. The van der Waals surface area contributed by atoms with E-state index >= 15 is 0 Å². The van der Waals surface area contributed by atoms with E-state index in [4.69, 9.17) is 9.41 Å². The first-order chi connectivity index (χ1) is 12.7. The Labute approximate surface area is 179 Å². The molecule has 7 nitrogen and oxygen atoms in total. The van der Waals surface area contributed by atoms with Crippen LogP contribution in [0.4, 0.5) is 0 Å². The van der Waals surface area contributed by atoms with Gasteiger partial charge in [0.25, 0.3) is 5.91 Å². The third-order valence-electron chi connectivity index (χ3n) is 4.71. The standard InChI is InChI=1S/C19H33N5O2.HI/c1-4-20-19(23-14-16-8-6-12-24(16)5-2)22-11-7-10-21-18(25)17-15(3)9-13-26-17;/h9,13,16H,4-8,10-12,14H2,1-3H3,(H,21,25)(H2,20,22,23);1H. The Morgan fingerprint density at radius 2 is 2.07 bits per heavy atom. The minimum atomic E-state index is -0.158. The van der Waals surface area contributed by atoms with Crippen molar-refractivity contribution in [3.8, 4) is 0 Å². The van der Waals surface area contributed by atoms with Crippen LogP contribution in [0.5, 0.6) is 0 Å². The summed E-state index contributed by atoms with van der Waals surface area (Å²) in [5.41, 5.74) is 0.857. The molecule has 1 atom stereocenters. The number of hydrogen-bond acceptors (Lipinski definition) is 4. The monoisotopic (exact) mass is 491 g/mol. The molecule has 1 fully saturated rings. The Morgan fingerprint density at radius 3 is 2.74 bits per heavy atom. The number of aryl methyl sites for hydroxylation is 1. The molecule has 0 bridgehead atoms. The molecule has 154 valence electrons. The van der Waals surface area contributed by atoms with Gasteiger partial charge in [-0.1, -0.05) is 6.92 Å². The van der Waals surface area contributed by atoms with Gasteiger partial charge in [-0.05, 0) is 52.3 Å². The number of guanidine groups is 1. The van der Waals surface area contributed by atoms with Crippen LogP contribution in [-0.4, -0.2) is 62.1 Å². The van der Waals surface area contributed by atoms with Crippen LogP contribution in [0, 0.1) is 6.92 Å². The lowest BCUT2D eigenvalue weighted by Gasteiger charge is -2.21. The molecule has 1 saturated heterocycles. The summed E-state index contributed by atoms with van der Waals surface area (Å²) in [6.45, 7) is 11.4. The van der Waals surface area contributed by atoms with Gasteiger partial charge in [0.15, 0.2) is 11.7 Å². The number of carbonyl (C=O) groups excluding carboxylic acids is 1. The molecule has 0 radical (unpaired) electrons. The van der Waals surface area contributed by atoms with E-state index in [-0.39, 0.29) is 29.9 Å². The lowest BCUT2D eigenvalue weighted by molar-refractivity contribution is 0.0925. The molecule has 27 heavy (non-hydrogen) atoms. The van der Waals surface area contributed by atoms with Crippen molar-refractivity contribution in [1.82, 2.24) is 20.9 Å². The van der Waals surface area contributed by atoms with Gasteiger partial charge < -0.3 is 20.4 Å². The highest BCUT2D eigenvalue weighted by Gasteiger charge is 2.22. The fourth-order valence-electron chi connectivity index (χ4n) is 3.24. The Bertz CT molecular complexity index is 590. The number of nitrogens with zero attached hydrogens (tertiary/aromatic N) is 2. The molecule has 1 aromatic rings. The Kier molecular flexibility index (Phi) is 11.4. The van der Waals surface area contributed by atoms with Crippen molar-refractivity contribution in [2.24, 2.45) is 4.99 Å². The van der Waals surface area contributed by atoms with E-state index in [0.29, 0.717) is 18.3 Å². The summed E-state index contributed by atoms with van der Waals surface area (Å²) in [7, 11) is 0. The number of rotatable bonds is 9. The number of carbonyl (C=O) groups is 1. The largest absolute Gasteiger partial charge is 0.459 e. The number of nitrogens with one attached hydrogen (secondary N) is 3. The molecule has 0 aromatic carbocycles. The van der Waals surface area contributed by atoms with Crippen molar-refractivity contribution in [1.29, 1.82) is 0 Å². The second-order valence-corrected chi connectivity index (χ2v) is 6.61. The van der Waals surface area contributed by atoms with Crippen molar-refractivity contribution in [2.45, 2.75) is 46.1 Å². The van der Waals surface area contributed by atoms with Crippen LogP contribution in [0.3, 0.4) is 0 Å². The highest BCUT2D eigenvalue weighted by atomic mass is 127. The highest BCUT2D eigenvalue weighted by molar-refractivity contribution is 14.0. The first kappa shape index (κ1) is 23.7. The predicted octanol–water partition coefficient (Wildman–Crippen LogP) is 2.37. The number of likely N-dealkylation sites (N-methyl/N-ethyl adjacent to an activating group) is 1. The van der Waals surface area contributed by atoms with Gasteiger partial charge in [0, 0.05) is 31.2 Å². The van der Waals surface area contributed by atoms with Gasteiger partial charge in [-0.3, -0.25) is 14.7 Å². The summed E-state index contributed by atoms with van der Waals surface area (Å²) in [5, 5.41) is 9.51. The number of amides is 1. The molecule has 1 aliphatic heterocycles. The van der Waals surface area contributed by atoms with Gasteiger partial charge in [-0.15, -0.1) is 24.0 Å². The molecule has 3 N–H and O–H groups in total. The molecule has 2 heterocycles. The van der Waals surface area contributed by atoms with Gasteiger partial charge in [0.05, 0.1) is 12.8 Å². The maximum Gasteiger partial charge on any atom is 0.287 e. The minimum Gasteiger partial charge on any atom is -0.459 e. The molecule has 0 saturated carbocycles. The molecule has 1 amide bonds. The smallest absolute Gasteiger partial charge is 0.287 e. The van der Waals surface area contributed by atoms with Crippen LogP contribution >= 0.6 is 24.0 Å². The van der Waals surface area contributed by atoms with Crippen LogP contribution < -0.4 is 16.0 Å². The quantitative estimate of drug-likeness (QED) is 0.214. The fraction of sp³-hybridized carbons (Fsp3) is 0.684. The molecule has 0 aliphatic carbocycles. The van der Waals surface area contributed by atoms with E-state index in [2.05, 4.69) is 34.7 Å². The average molecular weight is 491 g/mol. The van der Waals surface area contributed by atoms with Crippen LogP contribution in [0.2, 0.25) is 0 Å². The summed E-state index contributed by atoms with van der Waals surface area (Å²) in [6.07, 6.45) is 4.86. The van der Waals surface area contributed by atoms with Crippen molar-refractivity contribution in [2.75, 3.05) is 39.3 Å². The maximum atomic E-state index is 12.0. The third-order valence-corrected chi connectivity index (χ3v) is 4.71. The second kappa shape index (κ2) is 13.0. The summed E-state index contributed by atoms with van der Waals surface area (Å²) in [6, 6.07) is 2.35. The Morgan fingerprint density at radius 1 is 1.30 bits per heavy atom. The minimum absolute atomic E-state index is 0. The molecule has 0 spiro atoms. The van der Waals surface area contributed by atoms with E-state index in [1.165, 1.54) is 25.6 Å². The van der Waals surface area contributed by atoms with Gasteiger partial charge in [-0.2, -0.15) is 0 Å². The number of likely N-dealkylation sites (tertiary alicyclic amines) is 1.